The number of hydrogen-bond acceptors (Lipinski definition) is 8. The minimum atomic E-state index is -3.48. The summed E-state index contributed by atoms with van der Waals surface area (Å²) < 4.78 is 53.6. The third-order valence-corrected chi connectivity index (χ3v) is 4.67. The number of hydrogen-bond donors (Lipinski definition) is 0. The Morgan fingerprint density at radius 2 is 1.46 bits per heavy atom. The molecule has 0 saturated heterocycles. The lowest BCUT2D eigenvalue weighted by Crippen LogP contribution is -2.28. The predicted molar refractivity (Wildman–Crippen MR) is 99.6 cm³/mol. The molecule has 0 fully saturated rings. The van der Waals surface area contributed by atoms with Gasteiger partial charge in [0, 0.05) is 24.3 Å². The number of carbonyl (C=O) groups is 1. The van der Waals surface area contributed by atoms with Crippen LogP contribution >= 0.6 is 0 Å². The van der Waals surface area contributed by atoms with E-state index in [9.17, 15) is 21.6 Å². The third kappa shape index (κ3) is 9.27. The van der Waals surface area contributed by atoms with Gasteiger partial charge in [0.1, 0.15) is 6.29 Å². The van der Waals surface area contributed by atoms with Crippen LogP contribution in [0.4, 0.5) is 5.69 Å². The molecule has 0 amide bonds. The van der Waals surface area contributed by atoms with Gasteiger partial charge in [-0.05, 0) is 43.5 Å². The monoisotopic (exact) mass is 407 g/mol. The van der Waals surface area contributed by atoms with E-state index in [1.807, 2.05) is 17.9 Å². The molecule has 0 unspecified atom stereocenters. The molecule has 1 aromatic carbocycles. The Kier molecular flexibility index (Phi) is 8.68. The molecule has 0 N–H and O–H groups in total. The van der Waals surface area contributed by atoms with Crippen LogP contribution in [-0.4, -0.2) is 61.9 Å². The van der Waals surface area contributed by atoms with Crippen molar-refractivity contribution in [3.05, 3.63) is 29.3 Å². The summed E-state index contributed by atoms with van der Waals surface area (Å²) in [7, 11) is -6.97. The summed E-state index contributed by atoms with van der Waals surface area (Å²) in [5.41, 5.74) is 2.27. The minimum absolute atomic E-state index is 0.0561. The van der Waals surface area contributed by atoms with Crippen LogP contribution in [0, 0.1) is 6.92 Å². The van der Waals surface area contributed by atoms with E-state index in [0.717, 1.165) is 30.0 Å². The maximum atomic E-state index is 11.0. The molecule has 0 aliphatic rings. The highest BCUT2D eigenvalue weighted by Gasteiger charge is 2.10. The molecule has 0 saturated carbocycles. The molecule has 148 valence electrons. The van der Waals surface area contributed by atoms with Gasteiger partial charge < -0.3 is 4.90 Å². The molecule has 8 nitrogen and oxygen atoms in total. The average Bonchev–Trinajstić information content (AvgIpc) is 2.51. The van der Waals surface area contributed by atoms with E-state index >= 15 is 0 Å². The van der Waals surface area contributed by atoms with Gasteiger partial charge in [-0.3, -0.25) is 13.2 Å². The Labute approximate surface area is 155 Å². The summed E-state index contributed by atoms with van der Waals surface area (Å²) in [4.78, 5) is 12.9. The van der Waals surface area contributed by atoms with Gasteiger partial charge in [0.2, 0.25) is 0 Å². The van der Waals surface area contributed by atoms with Gasteiger partial charge in [-0.15, -0.1) is 0 Å². The van der Waals surface area contributed by atoms with Crippen LogP contribution in [0.5, 0.6) is 0 Å². The molecule has 26 heavy (non-hydrogen) atoms. The Morgan fingerprint density at radius 1 is 0.962 bits per heavy atom. The van der Waals surface area contributed by atoms with Gasteiger partial charge in [0.05, 0.1) is 25.7 Å². The van der Waals surface area contributed by atoms with Crippen LogP contribution in [0.25, 0.3) is 0 Å². The lowest BCUT2D eigenvalue weighted by Gasteiger charge is -2.25. The van der Waals surface area contributed by atoms with Crippen LogP contribution in [0.15, 0.2) is 18.2 Å². The summed E-state index contributed by atoms with van der Waals surface area (Å²) in [6, 6.07) is 5.37. The van der Waals surface area contributed by atoms with Crippen LogP contribution < -0.4 is 4.90 Å². The van der Waals surface area contributed by atoms with Gasteiger partial charge in [-0.25, -0.2) is 0 Å². The largest absolute Gasteiger partial charge is 0.371 e. The van der Waals surface area contributed by atoms with Gasteiger partial charge in [0.15, 0.2) is 0 Å². The second-order valence-corrected chi connectivity index (χ2v) is 9.19. The average molecular weight is 408 g/mol. The summed E-state index contributed by atoms with van der Waals surface area (Å²) in [6.45, 7) is 2.95. The van der Waals surface area contributed by atoms with Crippen molar-refractivity contribution in [1.82, 2.24) is 0 Å². The van der Waals surface area contributed by atoms with E-state index in [0.29, 0.717) is 31.5 Å². The first-order chi connectivity index (χ1) is 12.0. The fourth-order valence-electron chi connectivity index (χ4n) is 2.29. The number of nitrogens with zero attached hydrogens (tertiary/aromatic N) is 1. The van der Waals surface area contributed by atoms with Crippen molar-refractivity contribution in [3.63, 3.8) is 0 Å². The van der Waals surface area contributed by atoms with Gasteiger partial charge in [0.25, 0.3) is 20.2 Å². The predicted octanol–water partition coefficient (Wildman–Crippen LogP) is 1.35. The van der Waals surface area contributed by atoms with Crippen molar-refractivity contribution in [1.29, 1.82) is 0 Å². The van der Waals surface area contributed by atoms with E-state index in [2.05, 4.69) is 0 Å². The second kappa shape index (κ2) is 10.0. The number of rotatable bonds is 12. The second-order valence-electron chi connectivity index (χ2n) is 5.91. The number of aldehydes is 1. The third-order valence-electron chi connectivity index (χ3n) is 3.49. The quantitative estimate of drug-likeness (QED) is 0.290. The smallest absolute Gasteiger partial charge is 0.264 e. The normalized spacial score (nSPS) is 12.1. The highest BCUT2D eigenvalue weighted by Crippen LogP contribution is 2.19. The van der Waals surface area contributed by atoms with Crippen LogP contribution in [0.2, 0.25) is 0 Å². The highest BCUT2D eigenvalue weighted by atomic mass is 32.2. The van der Waals surface area contributed by atoms with Crippen molar-refractivity contribution in [2.24, 2.45) is 0 Å². The first-order valence-electron chi connectivity index (χ1n) is 8.01. The van der Waals surface area contributed by atoms with E-state index in [4.69, 9.17) is 8.37 Å². The standard InChI is InChI=1S/C16H25NO7S2/c1-14-12-16(7-6-15(14)13-18)17(8-4-10-23-25(2,19)20)9-5-11-24-26(3,21)22/h6-7,12-13H,4-5,8-11H2,1-3H3. The molecular formula is C16H25NO7S2. The molecule has 0 aromatic heterocycles. The topological polar surface area (TPSA) is 107 Å². The van der Waals surface area contributed by atoms with E-state index in [1.165, 1.54) is 0 Å². The maximum Gasteiger partial charge on any atom is 0.264 e. The zero-order valence-corrected chi connectivity index (χ0v) is 16.8. The van der Waals surface area contributed by atoms with Crippen molar-refractivity contribution in [3.8, 4) is 0 Å². The molecule has 0 spiro atoms. The van der Waals surface area contributed by atoms with Gasteiger partial charge in [-0.1, -0.05) is 0 Å². The van der Waals surface area contributed by atoms with Crippen LogP contribution in [0.3, 0.4) is 0 Å². The molecule has 0 aliphatic carbocycles. The van der Waals surface area contributed by atoms with Crippen LogP contribution in [-0.2, 0) is 28.6 Å². The highest BCUT2D eigenvalue weighted by molar-refractivity contribution is 7.86. The summed E-state index contributed by atoms with van der Waals surface area (Å²) in [5.74, 6) is 0. The Morgan fingerprint density at radius 3 is 1.85 bits per heavy atom. The first kappa shape index (κ1) is 22.6. The van der Waals surface area contributed by atoms with Crippen molar-refractivity contribution < 1.29 is 30.0 Å². The van der Waals surface area contributed by atoms with Crippen molar-refractivity contribution in [2.75, 3.05) is 43.7 Å². The van der Waals surface area contributed by atoms with Gasteiger partial charge in [-0.2, -0.15) is 16.8 Å². The zero-order valence-electron chi connectivity index (χ0n) is 15.2. The maximum absolute atomic E-state index is 11.0. The van der Waals surface area contributed by atoms with E-state index in [-0.39, 0.29) is 13.2 Å². The lowest BCUT2D eigenvalue weighted by atomic mass is 10.1. The summed E-state index contributed by atoms with van der Waals surface area (Å²) in [6.07, 6.45) is 3.70. The SMILES string of the molecule is Cc1cc(N(CCCOS(C)(=O)=O)CCCOS(C)(=O)=O)ccc1C=O. The lowest BCUT2D eigenvalue weighted by molar-refractivity contribution is 0.112. The number of aryl methyl sites for hydroxylation is 1. The molecule has 0 aliphatic heterocycles. The van der Waals surface area contributed by atoms with Crippen molar-refractivity contribution >= 4 is 32.2 Å². The molecule has 0 bridgehead atoms. The minimum Gasteiger partial charge on any atom is -0.371 e. The van der Waals surface area contributed by atoms with E-state index < -0.39 is 20.2 Å². The van der Waals surface area contributed by atoms with Crippen LogP contribution in [0.1, 0.15) is 28.8 Å². The first-order valence-corrected chi connectivity index (χ1v) is 11.6. The molecule has 0 atom stereocenters. The fourth-order valence-corrected chi connectivity index (χ4v) is 3.13. The molecular weight excluding hydrogens is 382 g/mol. The Balaban J connectivity index is 2.73. The fraction of sp³-hybridized carbons (Fsp3) is 0.562. The summed E-state index contributed by atoms with van der Waals surface area (Å²) in [5, 5.41) is 0. The van der Waals surface area contributed by atoms with E-state index in [1.54, 1.807) is 12.1 Å². The Hall–Kier alpha value is -1.49. The molecule has 0 radical (unpaired) electrons. The Bertz CT molecular complexity index is 764. The number of carbonyl (C=O) groups excluding carboxylic acids is 1. The van der Waals surface area contributed by atoms with Gasteiger partial charge >= 0.3 is 0 Å². The summed E-state index contributed by atoms with van der Waals surface area (Å²) >= 11 is 0. The van der Waals surface area contributed by atoms with Crippen molar-refractivity contribution in [2.45, 2.75) is 19.8 Å². The number of anilines is 1. The molecule has 1 rings (SSSR count). The zero-order chi connectivity index (χ0) is 19.8. The molecule has 1 aromatic rings. The number of benzene rings is 1. The molecule has 0 heterocycles. The molecule has 10 heteroatoms.